The summed E-state index contributed by atoms with van der Waals surface area (Å²) >= 11 is 0. The molecule has 0 saturated heterocycles. The normalized spacial score (nSPS) is 13.4. The molecule has 3 nitrogen and oxygen atoms in total. The van der Waals surface area contributed by atoms with Gasteiger partial charge in [-0.2, -0.15) is 0 Å². The van der Waals surface area contributed by atoms with Crippen LogP contribution in [0.15, 0.2) is 6.33 Å². The second-order valence-corrected chi connectivity index (χ2v) is 2.94. The van der Waals surface area contributed by atoms with Crippen molar-refractivity contribution in [2.45, 2.75) is 26.2 Å². The lowest BCUT2D eigenvalue weighted by atomic mass is 10.1. The summed E-state index contributed by atoms with van der Waals surface area (Å²) in [4.78, 5) is 4.22. The summed E-state index contributed by atoms with van der Waals surface area (Å²) in [6.07, 6.45) is 2.85. The third-order valence-electron chi connectivity index (χ3n) is 2.09. The van der Waals surface area contributed by atoms with E-state index in [-0.39, 0.29) is 0 Å². The fourth-order valence-corrected chi connectivity index (χ4v) is 1.03. The molecule has 1 aromatic rings. The highest BCUT2D eigenvalue weighted by molar-refractivity contribution is 5.37. The van der Waals surface area contributed by atoms with Crippen LogP contribution >= 0.6 is 0 Å². The number of nitrogen functional groups attached to an aromatic ring is 1. The molecule has 0 fully saturated rings. The van der Waals surface area contributed by atoms with Crippen molar-refractivity contribution in [3.8, 4) is 0 Å². The molecular formula is C8H15N3. The van der Waals surface area contributed by atoms with Gasteiger partial charge in [0.1, 0.15) is 5.82 Å². The maximum absolute atomic E-state index is 5.78. The molecule has 62 valence electrons. The van der Waals surface area contributed by atoms with Gasteiger partial charge in [0, 0.05) is 13.0 Å². The van der Waals surface area contributed by atoms with Crippen LogP contribution in [0.4, 0.5) is 5.82 Å². The Morgan fingerprint density at radius 2 is 2.36 bits per heavy atom. The predicted octanol–water partition coefficient (Wildman–Crippen LogP) is 1.52. The number of nitrogens with two attached hydrogens (primary N) is 1. The van der Waals surface area contributed by atoms with E-state index in [1.807, 2.05) is 11.6 Å². The third-order valence-corrected chi connectivity index (χ3v) is 2.09. The molecule has 2 N–H and O–H groups in total. The Kier molecular flexibility index (Phi) is 2.17. The molecule has 1 aromatic heterocycles. The van der Waals surface area contributed by atoms with Gasteiger partial charge in [0.25, 0.3) is 0 Å². The standard InChI is InChI=1S/C8H15N3/c1-4-6(2)7-8(9)11(3)5-10-7/h5-6H,4,9H2,1-3H3. The van der Waals surface area contributed by atoms with E-state index in [0.29, 0.717) is 5.92 Å². The van der Waals surface area contributed by atoms with Gasteiger partial charge < -0.3 is 10.3 Å². The summed E-state index contributed by atoms with van der Waals surface area (Å²) < 4.78 is 1.85. The molecule has 0 aliphatic heterocycles. The molecule has 0 spiro atoms. The lowest BCUT2D eigenvalue weighted by Gasteiger charge is -2.05. The summed E-state index contributed by atoms with van der Waals surface area (Å²) in [5, 5.41) is 0. The quantitative estimate of drug-likeness (QED) is 0.700. The molecule has 0 bridgehead atoms. The van der Waals surface area contributed by atoms with E-state index in [4.69, 9.17) is 5.73 Å². The number of imidazole rings is 1. The molecule has 0 saturated carbocycles. The van der Waals surface area contributed by atoms with Crippen LogP contribution in [0.3, 0.4) is 0 Å². The van der Waals surface area contributed by atoms with E-state index in [1.165, 1.54) is 0 Å². The second-order valence-electron chi connectivity index (χ2n) is 2.94. The Morgan fingerprint density at radius 3 is 2.73 bits per heavy atom. The smallest absolute Gasteiger partial charge is 0.126 e. The molecule has 0 radical (unpaired) electrons. The van der Waals surface area contributed by atoms with Gasteiger partial charge in [-0.05, 0) is 6.42 Å². The predicted molar refractivity (Wildman–Crippen MR) is 46.3 cm³/mol. The minimum absolute atomic E-state index is 0.469. The van der Waals surface area contributed by atoms with Crippen LogP contribution in [0.1, 0.15) is 31.9 Å². The minimum Gasteiger partial charge on any atom is -0.384 e. The highest BCUT2D eigenvalue weighted by atomic mass is 15.1. The molecular weight excluding hydrogens is 138 g/mol. The SMILES string of the molecule is CCC(C)c1ncn(C)c1N. The van der Waals surface area contributed by atoms with Gasteiger partial charge in [-0.25, -0.2) is 4.98 Å². The van der Waals surface area contributed by atoms with Crippen molar-refractivity contribution < 1.29 is 0 Å². The van der Waals surface area contributed by atoms with Gasteiger partial charge in [-0.1, -0.05) is 13.8 Å². The Balaban J connectivity index is 2.94. The van der Waals surface area contributed by atoms with E-state index in [0.717, 1.165) is 17.9 Å². The van der Waals surface area contributed by atoms with Crippen molar-refractivity contribution in [2.24, 2.45) is 7.05 Å². The van der Waals surface area contributed by atoms with E-state index in [2.05, 4.69) is 18.8 Å². The maximum Gasteiger partial charge on any atom is 0.126 e. The van der Waals surface area contributed by atoms with Crippen molar-refractivity contribution in [3.05, 3.63) is 12.0 Å². The maximum atomic E-state index is 5.78. The van der Waals surface area contributed by atoms with E-state index < -0.39 is 0 Å². The molecule has 1 heterocycles. The summed E-state index contributed by atoms with van der Waals surface area (Å²) in [5.74, 6) is 1.26. The van der Waals surface area contributed by atoms with Crippen LogP contribution < -0.4 is 5.73 Å². The molecule has 0 aromatic carbocycles. The van der Waals surface area contributed by atoms with E-state index >= 15 is 0 Å². The second kappa shape index (κ2) is 2.95. The number of hydrogen-bond donors (Lipinski definition) is 1. The largest absolute Gasteiger partial charge is 0.384 e. The zero-order valence-electron chi connectivity index (χ0n) is 7.33. The number of nitrogens with zero attached hydrogens (tertiary/aromatic N) is 2. The summed E-state index contributed by atoms with van der Waals surface area (Å²) in [6.45, 7) is 4.28. The lowest BCUT2D eigenvalue weighted by Crippen LogP contribution is -2.00. The molecule has 0 amide bonds. The van der Waals surface area contributed by atoms with Crippen LogP contribution in [0.2, 0.25) is 0 Å². The molecule has 0 aliphatic rings. The first-order chi connectivity index (χ1) is 5.16. The number of rotatable bonds is 2. The first-order valence-electron chi connectivity index (χ1n) is 3.93. The Morgan fingerprint density at radius 1 is 1.73 bits per heavy atom. The number of hydrogen-bond acceptors (Lipinski definition) is 2. The summed E-state index contributed by atoms with van der Waals surface area (Å²) in [7, 11) is 1.91. The van der Waals surface area contributed by atoms with Gasteiger partial charge >= 0.3 is 0 Å². The average Bonchev–Trinajstić information content (AvgIpc) is 2.32. The minimum atomic E-state index is 0.469. The first-order valence-corrected chi connectivity index (χ1v) is 3.93. The van der Waals surface area contributed by atoms with Crippen molar-refractivity contribution in [3.63, 3.8) is 0 Å². The lowest BCUT2D eigenvalue weighted by molar-refractivity contribution is 0.715. The highest BCUT2D eigenvalue weighted by Crippen LogP contribution is 2.21. The molecule has 0 aliphatic carbocycles. The number of anilines is 1. The van der Waals surface area contributed by atoms with Gasteiger partial charge in [0.2, 0.25) is 0 Å². The number of aryl methyl sites for hydroxylation is 1. The van der Waals surface area contributed by atoms with E-state index in [9.17, 15) is 0 Å². The van der Waals surface area contributed by atoms with Crippen molar-refractivity contribution in [1.29, 1.82) is 0 Å². The fourth-order valence-electron chi connectivity index (χ4n) is 1.03. The zero-order valence-corrected chi connectivity index (χ0v) is 7.33. The van der Waals surface area contributed by atoms with Crippen LogP contribution in [0.5, 0.6) is 0 Å². The molecule has 1 unspecified atom stereocenters. The number of aromatic nitrogens is 2. The van der Waals surface area contributed by atoms with Crippen LogP contribution in [0, 0.1) is 0 Å². The van der Waals surface area contributed by atoms with Crippen LogP contribution in [0.25, 0.3) is 0 Å². The molecule has 1 atom stereocenters. The van der Waals surface area contributed by atoms with Crippen LogP contribution in [-0.4, -0.2) is 9.55 Å². The Bertz CT molecular complexity index is 239. The topological polar surface area (TPSA) is 43.8 Å². The summed E-state index contributed by atoms with van der Waals surface area (Å²) in [5.41, 5.74) is 6.80. The Labute approximate surface area is 67.2 Å². The van der Waals surface area contributed by atoms with Gasteiger partial charge in [-0.15, -0.1) is 0 Å². The van der Waals surface area contributed by atoms with Gasteiger partial charge in [-0.3, -0.25) is 0 Å². The monoisotopic (exact) mass is 153 g/mol. The molecule has 11 heavy (non-hydrogen) atoms. The van der Waals surface area contributed by atoms with Crippen molar-refractivity contribution in [2.75, 3.05) is 5.73 Å². The average molecular weight is 153 g/mol. The molecule has 3 heteroatoms. The van der Waals surface area contributed by atoms with Gasteiger partial charge in [0.15, 0.2) is 0 Å². The van der Waals surface area contributed by atoms with E-state index in [1.54, 1.807) is 6.33 Å². The fraction of sp³-hybridized carbons (Fsp3) is 0.625. The van der Waals surface area contributed by atoms with Crippen molar-refractivity contribution in [1.82, 2.24) is 9.55 Å². The van der Waals surface area contributed by atoms with Crippen LogP contribution in [-0.2, 0) is 7.05 Å². The third kappa shape index (κ3) is 1.37. The first kappa shape index (κ1) is 8.11. The highest BCUT2D eigenvalue weighted by Gasteiger charge is 2.10. The summed E-state index contributed by atoms with van der Waals surface area (Å²) in [6, 6.07) is 0. The zero-order chi connectivity index (χ0) is 8.43. The van der Waals surface area contributed by atoms with Crippen molar-refractivity contribution >= 4 is 5.82 Å². The molecule has 1 rings (SSSR count). The Hall–Kier alpha value is -0.990. The van der Waals surface area contributed by atoms with Gasteiger partial charge in [0.05, 0.1) is 12.0 Å².